The van der Waals surface area contributed by atoms with Gasteiger partial charge in [0.1, 0.15) is 6.33 Å². The maximum absolute atomic E-state index is 12.5. The number of rotatable bonds is 5. The molecule has 5 rings (SSSR count). The number of benzene rings is 3. The van der Waals surface area contributed by atoms with Gasteiger partial charge in [-0.15, -0.1) is 10.2 Å². The van der Waals surface area contributed by atoms with Crippen LogP contribution in [0.4, 0.5) is 11.5 Å². The summed E-state index contributed by atoms with van der Waals surface area (Å²) in [6, 6.07) is 22.4. The Labute approximate surface area is 182 Å². The molecule has 0 saturated carbocycles. The first-order valence-corrected chi connectivity index (χ1v) is 10.0. The predicted molar refractivity (Wildman–Crippen MR) is 121 cm³/mol. The lowest BCUT2D eigenvalue weighted by Crippen LogP contribution is -2.22. The SMILES string of the molecule is O=C(NCc1ccccc1Cl)c1ccc(Nc2nc3ccccc3n3cnnc23)cc1. The molecule has 3 aromatic carbocycles. The van der Waals surface area contributed by atoms with Crippen molar-refractivity contribution in [2.75, 3.05) is 5.32 Å². The van der Waals surface area contributed by atoms with E-state index >= 15 is 0 Å². The lowest BCUT2D eigenvalue weighted by atomic mass is 10.1. The average molecular weight is 429 g/mol. The van der Waals surface area contributed by atoms with Crippen molar-refractivity contribution in [3.63, 3.8) is 0 Å². The third-order valence-corrected chi connectivity index (χ3v) is 5.31. The minimum atomic E-state index is -0.171. The summed E-state index contributed by atoms with van der Waals surface area (Å²) in [6.45, 7) is 0.365. The highest BCUT2D eigenvalue weighted by atomic mass is 35.5. The zero-order valence-electron chi connectivity index (χ0n) is 16.3. The molecule has 31 heavy (non-hydrogen) atoms. The van der Waals surface area contributed by atoms with Crippen molar-refractivity contribution in [3.8, 4) is 0 Å². The van der Waals surface area contributed by atoms with Gasteiger partial charge in [-0.05, 0) is 48.0 Å². The van der Waals surface area contributed by atoms with E-state index in [2.05, 4.69) is 25.8 Å². The second-order valence-electron chi connectivity index (χ2n) is 6.95. The fraction of sp³-hybridized carbons (Fsp3) is 0.0435. The van der Waals surface area contributed by atoms with Crippen LogP contribution in [0.15, 0.2) is 79.1 Å². The van der Waals surface area contributed by atoms with Crippen molar-refractivity contribution in [3.05, 3.63) is 95.3 Å². The fourth-order valence-electron chi connectivity index (χ4n) is 3.35. The number of fused-ring (bicyclic) bond motifs is 3. The molecule has 7 nitrogen and oxygen atoms in total. The number of carbonyl (C=O) groups excluding carboxylic acids is 1. The maximum Gasteiger partial charge on any atom is 0.251 e. The number of nitrogens with one attached hydrogen (secondary N) is 2. The highest BCUT2D eigenvalue weighted by molar-refractivity contribution is 6.31. The molecule has 0 spiro atoms. The third kappa shape index (κ3) is 3.78. The van der Waals surface area contributed by atoms with Crippen molar-refractivity contribution < 1.29 is 4.79 Å². The average Bonchev–Trinajstić information content (AvgIpc) is 3.30. The first-order chi connectivity index (χ1) is 15.2. The molecule has 0 saturated heterocycles. The molecule has 0 aliphatic rings. The van der Waals surface area contributed by atoms with Gasteiger partial charge in [-0.2, -0.15) is 0 Å². The van der Waals surface area contributed by atoms with Crippen LogP contribution in [0, 0.1) is 0 Å². The van der Waals surface area contributed by atoms with E-state index < -0.39 is 0 Å². The summed E-state index contributed by atoms with van der Waals surface area (Å²) in [7, 11) is 0. The number of nitrogens with zero attached hydrogens (tertiary/aromatic N) is 4. The summed E-state index contributed by atoms with van der Waals surface area (Å²) >= 11 is 6.14. The minimum Gasteiger partial charge on any atom is -0.348 e. The number of carbonyl (C=O) groups is 1. The van der Waals surface area contributed by atoms with Crippen LogP contribution in [0.3, 0.4) is 0 Å². The summed E-state index contributed by atoms with van der Waals surface area (Å²) < 4.78 is 1.89. The van der Waals surface area contributed by atoms with E-state index in [4.69, 9.17) is 11.6 Å². The zero-order chi connectivity index (χ0) is 21.2. The third-order valence-electron chi connectivity index (χ3n) is 4.94. The Bertz CT molecular complexity index is 1400. The number of hydrogen-bond donors (Lipinski definition) is 2. The smallest absolute Gasteiger partial charge is 0.251 e. The molecule has 2 aromatic heterocycles. The van der Waals surface area contributed by atoms with Crippen LogP contribution in [-0.2, 0) is 6.54 Å². The number of amides is 1. The molecule has 0 fully saturated rings. The van der Waals surface area contributed by atoms with Gasteiger partial charge in [-0.3, -0.25) is 9.20 Å². The standard InChI is InChI=1S/C23H17ClN6O/c24-18-6-2-1-5-16(18)13-25-23(31)15-9-11-17(12-10-15)27-21-22-29-26-14-30(22)20-8-4-3-7-19(20)28-21/h1-12,14H,13H2,(H,25,31)(H,27,28). The van der Waals surface area contributed by atoms with Gasteiger partial charge in [0.05, 0.1) is 11.0 Å². The molecular formula is C23H17ClN6O. The molecule has 0 aliphatic heterocycles. The van der Waals surface area contributed by atoms with Crippen LogP contribution in [0.25, 0.3) is 16.7 Å². The Morgan fingerprint density at radius 2 is 1.74 bits per heavy atom. The van der Waals surface area contributed by atoms with Crippen LogP contribution < -0.4 is 10.6 Å². The van der Waals surface area contributed by atoms with Gasteiger partial charge in [0, 0.05) is 22.8 Å². The Morgan fingerprint density at radius 3 is 2.58 bits per heavy atom. The lowest BCUT2D eigenvalue weighted by Gasteiger charge is -2.10. The number of hydrogen-bond acceptors (Lipinski definition) is 5. The molecule has 5 aromatic rings. The second kappa shape index (κ2) is 8.04. The van der Waals surface area contributed by atoms with Crippen LogP contribution in [0.1, 0.15) is 15.9 Å². The first kappa shape index (κ1) is 19.0. The van der Waals surface area contributed by atoms with Gasteiger partial charge in [-0.25, -0.2) is 4.98 Å². The van der Waals surface area contributed by atoms with Gasteiger partial charge in [-0.1, -0.05) is 41.9 Å². The largest absolute Gasteiger partial charge is 0.348 e. The van der Waals surface area contributed by atoms with E-state index in [0.29, 0.717) is 28.6 Å². The summed E-state index contributed by atoms with van der Waals surface area (Å²) in [5.74, 6) is 0.419. The van der Waals surface area contributed by atoms with E-state index in [1.54, 1.807) is 24.5 Å². The molecule has 2 N–H and O–H groups in total. The summed E-state index contributed by atoms with van der Waals surface area (Å²) in [5, 5.41) is 15.0. The number of para-hydroxylation sites is 2. The minimum absolute atomic E-state index is 0.171. The molecule has 0 aliphatic carbocycles. The molecule has 1 amide bonds. The molecule has 0 atom stereocenters. The van der Waals surface area contributed by atoms with E-state index in [0.717, 1.165) is 22.3 Å². The monoisotopic (exact) mass is 428 g/mol. The van der Waals surface area contributed by atoms with Crippen LogP contribution in [0.2, 0.25) is 5.02 Å². The lowest BCUT2D eigenvalue weighted by molar-refractivity contribution is 0.0951. The van der Waals surface area contributed by atoms with E-state index in [1.807, 2.05) is 59.0 Å². The summed E-state index contributed by atoms with van der Waals surface area (Å²) in [5.41, 5.74) is 4.59. The summed E-state index contributed by atoms with van der Waals surface area (Å²) in [6.07, 6.45) is 1.66. The van der Waals surface area contributed by atoms with Crippen molar-refractivity contribution in [1.82, 2.24) is 24.9 Å². The number of aromatic nitrogens is 4. The zero-order valence-corrected chi connectivity index (χ0v) is 17.0. The highest BCUT2D eigenvalue weighted by Crippen LogP contribution is 2.23. The van der Waals surface area contributed by atoms with E-state index in [1.165, 1.54) is 0 Å². The van der Waals surface area contributed by atoms with Gasteiger partial charge in [0.2, 0.25) is 5.65 Å². The molecular weight excluding hydrogens is 412 g/mol. The van der Waals surface area contributed by atoms with Crippen LogP contribution in [-0.4, -0.2) is 25.5 Å². The van der Waals surface area contributed by atoms with Gasteiger partial charge < -0.3 is 10.6 Å². The van der Waals surface area contributed by atoms with Gasteiger partial charge in [0.15, 0.2) is 5.82 Å². The van der Waals surface area contributed by atoms with Crippen LogP contribution >= 0.6 is 11.6 Å². The van der Waals surface area contributed by atoms with Crippen molar-refractivity contribution in [2.45, 2.75) is 6.54 Å². The fourth-order valence-corrected chi connectivity index (χ4v) is 3.55. The highest BCUT2D eigenvalue weighted by Gasteiger charge is 2.11. The molecule has 152 valence electrons. The molecule has 8 heteroatoms. The Kier molecular flexibility index (Phi) is 4.93. The topological polar surface area (TPSA) is 84.2 Å². The number of anilines is 2. The second-order valence-corrected chi connectivity index (χ2v) is 7.36. The van der Waals surface area contributed by atoms with Gasteiger partial charge in [0.25, 0.3) is 5.91 Å². The molecule has 0 bridgehead atoms. The van der Waals surface area contributed by atoms with Crippen molar-refractivity contribution in [1.29, 1.82) is 0 Å². The summed E-state index contributed by atoms with van der Waals surface area (Å²) in [4.78, 5) is 17.2. The predicted octanol–water partition coefficient (Wildman–Crippen LogP) is 4.60. The van der Waals surface area contributed by atoms with E-state index in [-0.39, 0.29) is 5.91 Å². The molecule has 0 radical (unpaired) electrons. The Morgan fingerprint density at radius 1 is 0.968 bits per heavy atom. The maximum atomic E-state index is 12.5. The Balaban J connectivity index is 1.34. The quantitative estimate of drug-likeness (QED) is 0.427. The normalized spacial score (nSPS) is 11.0. The van der Waals surface area contributed by atoms with Gasteiger partial charge >= 0.3 is 0 Å². The van der Waals surface area contributed by atoms with Crippen molar-refractivity contribution >= 4 is 45.7 Å². The number of halogens is 1. The van der Waals surface area contributed by atoms with Crippen LogP contribution in [0.5, 0.6) is 0 Å². The Hall–Kier alpha value is -3.97. The first-order valence-electron chi connectivity index (χ1n) is 9.66. The molecule has 2 heterocycles. The van der Waals surface area contributed by atoms with Crippen molar-refractivity contribution in [2.24, 2.45) is 0 Å². The molecule has 0 unspecified atom stereocenters. The van der Waals surface area contributed by atoms with E-state index in [9.17, 15) is 4.79 Å².